The molecule has 1 N–H and O–H groups in total. The van der Waals surface area contributed by atoms with Crippen LogP contribution in [0.5, 0.6) is 0 Å². The van der Waals surface area contributed by atoms with Crippen LogP contribution in [0.2, 0.25) is 0 Å². The van der Waals surface area contributed by atoms with Crippen molar-refractivity contribution in [2.45, 2.75) is 53.0 Å². The molecule has 0 aliphatic rings. The summed E-state index contributed by atoms with van der Waals surface area (Å²) in [6, 6.07) is 0. The van der Waals surface area contributed by atoms with E-state index < -0.39 is 0 Å². The first kappa shape index (κ1) is 14.7. The Labute approximate surface area is 110 Å². The molecule has 1 atom stereocenters. The fourth-order valence-corrected chi connectivity index (χ4v) is 2.12. The quantitative estimate of drug-likeness (QED) is 0.809. The Balaban J connectivity index is 2.46. The molecule has 0 saturated heterocycles. The molecule has 4 heteroatoms. The Morgan fingerprint density at radius 1 is 1.50 bits per heavy atom. The van der Waals surface area contributed by atoms with Gasteiger partial charge in [-0.05, 0) is 19.8 Å². The molecule has 18 heavy (non-hydrogen) atoms. The molecule has 0 unspecified atom stereocenters. The number of carbonyl (C=O) groups is 1. The van der Waals surface area contributed by atoms with Crippen LogP contribution in [0.25, 0.3) is 0 Å². The van der Waals surface area contributed by atoms with Crippen molar-refractivity contribution in [3.63, 3.8) is 0 Å². The second-order valence-corrected chi connectivity index (χ2v) is 4.88. The summed E-state index contributed by atoms with van der Waals surface area (Å²) in [7, 11) is 1.90. The minimum atomic E-state index is 0.155. The van der Waals surface area contributed by atoms with E-state index in [1.165, 1.54) is 0 Å². The molecule has 102 valence electrons. The fourth-order valence-electron chi connectivity index (χ4n) is 2.12. The van der Waals surface area contributed by atoms with Gasteiger partial charge < -0.3 is 5.32 Å². The largest absolute Gasteiger partial charge is 0.352 e. The fraction of sp³-hybridized carbons (Fsp3) is 0.714. The second-order valence-electron chi connectivity index (χ2n) is 4.88. The van der Waals surface area contributed by atoms with Gasteiger partial charge in [0.1, 0.15) is 0 Å². The first-order valence-electron chi connectivity index (χ1n) is 6.85. The zero-order valence-corrected chi connectivity index (χ0v) is 12.0. The van der Waals surface area contributed by atoms with Crippen LogP contribution in [-0.4, -0.2) is 15.7 Å². The summed E-state index contributed by atoms with van der Waals surface area (Å²) >= 11 is 0. The lowest BCUT2D eigenvalue weighted by Crippen LogP contribution is -2.30. The number of aryl methyl sites for hydroxylation is 2. The minimum Gasteiger partial charge on any atom is -0.352 e. The first-order valence-corrected chi connectivity index (χ1v) is 6.85. The third kappa shape index (κ3) is 4.17. The van der Waals surface area contributed by atoms with Gasteiger partial charge in [0.05, 0.1) is 5.69 Å². The molecule has 1 aromatic rings. The molecule has 0 aliphatic heterocycles. The van der Waals surface area contributed by atoms with Gasteiger partial charge in [0.15, 0.2) is 0 Å². The molecule has 0 bridgehead atoms. The van der Waals surface area contributed by atoms with Crippen LogP contribution in [0.15, 0.2) is 6.20 Å². The van der Waals surface area contributed by atoms with E-state index >= 15 is 0 Å². The molecule has 1 aromatic heterocycles. The molecule has 0 saturated carbocycles. The summed E-state index contributed by atoms with van der Waals surface area (Å²) < 4.78 is 1.78. The highest BCUT2D eigenvalue weighted by Crippen LogP contribution is 2.13. The van der Waals surface area contributed by atoms with Gasteiger partial charge in [-0.2, -0.15) is 5.10 Å². The number of amides is 1. The van der Waals surface area contributed by atoms with Crippen molar-refractivity contribution in [1.82, 2.24) is 15.1 Å². The lowest BCUT2D eigenvalue weighted by atomic mass is 9.98. The predicted molar refractivity (Wildman–Crippen MR) is 73.1 cm³/mol. The number of hydrogen-bond acceptors (Lipinski definition) is 2. The first-order chi connectivity index (χ1) is 8.58. The van der Waals surface area contributed by atoms with Crippen LogP contribution in [-0.2, 0) is 18.4 Å². The van der Waals surface area contributed by atoms with Crippen LogP contribution in [0.4, 0.5) is 0 Å². The average Bonchev–Trinajstić information content (AvgIpc) is 2.66. The third-order valence-electron chi connectivity index (χ3n) is 3.34. The molecular weight excluding hydrogens is 226 g/mol. The molecular formula is C14H25N3O. The number of aromatic nitrogens is 2. The zero-order chi connectivity index (χ0) is 13.5. The SMILES string of the molecule is CCCC[C@H](CC)C(=O)NCc1cn(C)nc1C. The Bertz CT molecular complexity index is 384. The van der Waals surface area contributed by atoms with Gasteiger partial charge in [-0.3, -0.25) is 9.48 Å². The van der Waals surface area contributed by atoms with Crippen molar-refractivity contribution in [3.05, 3.63) is 17.5 Å². The van der Waals surface area contributed by atoms with Gasteiger partial charge in [0, 0.05) is 31.3 Å². The van der Waals surface area contributed by atoms with Crippen molar-refractivity contribution >= 4 is 5.91 Å². The van der Waals surface area contributed by atoms with Gasteiger partial charge in [0.25, 0.3) is 0 Å². The maximum absolute atomic E-state index is 12.0. The van der Waals surface area contributed by atoms with E-state index in [1.54, 1.807) is 4.68 Å². The van der Waals surface area contributed by atoms with Gasteiger partial charge in [0.2, 0.25) is 5.91 Å². The van der Waals surface area contributed by atoms with E-state index in [4.69, 9.17) is 0 Å². The number of unbranched alkanes of at least 4 members (excludes halogenated alkanes) is 1. The summed E-state index contributed by atoms with van der Waals surface area (Å²) in [4.78, 5) is 12.0. The van der Waals surface area contributed by atoms with Gasteiger partial charge in [-0.1, -0.05) is 26.7 Å². The van der Waals surface area contributed by atoms with E-state index in [1.807, 2.05) is 20.2 Å². The number of hydrogen-bond donors (Lipinski definition) is 1. The summed E-state index contributed by atoms with van der Waals surface area (Å²) in [6.45, 7) is 6.79. The average molecular weight is 251 g/mol. The summed E-state index contributed by atoms with van der Waals surface area (Å²) in [5, 5.41) is 7.29. The Morgan fingerprint density at radius 3 is 2.72 bits per heavy atom. The number of nitrogens with zero attached hydrogens (tertiary/aromatic N) is 2. The van der Waals surface area contributed by atoms with Crippen LogP contribution in [0, 0.1) is 12.8 Å². The lowest BCUT2D eigenvalue weighted by Gasteiger charge is -2.14. The van der Waals surface area contributed by atoms with Crippen molar-refractivity contribution in [1.29, 1.82) is 0 Å². The molecule has 1 amide bonds. The normalized spacial score (nSPS) is 12.4. The second kappa shape index (κ2) is 7.19. The Hall–Kier alpha value is -1.32. The topological polar surface area (TPSA) is 46.9 Å². The van der Waals surface area contributed by atoms with Crippen LogP contribution >= 0.6 is 0 Å². The van der Waals surface area contributed by atoms with Gasteiger partial charge >= 0.3 is 0 Å². The summed E-state index contributed by atoms with van der Waals surface area (Å²) in [5.41, 5.74) is 2.08. The van der Waals surface area contributed by atoms with E-state index in [9.17, 15) is 4.79 Å². The molecule has 0 spiro atoms. The highest BCUT2D eigenvalue weighted by Gasteiger charge is 2.15. The minimum absolute atomic E-state index is 0.155. The van der Waals surface area contributed by atoms with E-state index in [0.29, 0.717) is 6.54 Å². The zero-order valence-electron chi connectivity index (χ0n) is 12.0. The predicted octanol–water partition coefficient (Wildman–Crippen LogP) is 2.56. The van der Waals surface area contributed by atoms with Crippen LogP contribution < -0.4 is 5.32 Å². The lowest BCUT2D eigenvalue weighted by molar-refractivity contribution is -0.125. The molecule has 0 aromatic carbocycles. The van der Waals surface area contributed by atoms with Crippen molar-refractivity contribution < 1.29 is 4.79 Å². The van der Waals surface area contributed by atoms with Crippen LogP contribution in [0.3, 0.4) is 0 Å². The van der Waals surface area contributed by atoms with Gasteiger partial charge in [-0.15, -0.1) is 0 Å². The standard InChI is InChI=1S/C14H25N3O/c1-5-7-8-12(6-2)14(18)15-9-13-10-17(4)16-11(13)3/h10,12H,5-9H2,1-4H3,(H,15,18)/t12-/m0/s1. The van der Waals surface area contributed by atoms with Gasteiger partial charge in [-0.25, -0.2) is 0 Å². The van der Waals surface area contributed by atoms with Crippen molar-refractivity contribution in [2.75, 3.05) is 0 Å². The van der Waals surface area contributed by atoms with Crippen LogP contribution in [0.1, 0.15) is 50.8 Å². The Kier molecular flexibility index (Phi) is 5.89. The monoisotopic (exact) mass is 251 g/mol. The van der Waals surface area contributed by atoms with E-state index in [-0.39, 0.29) is 11.8 Å². The molecule has 4 nitrogen and oxygen atoms in total. The molecule has 0 aliphatic carbocycles. The van der Waals surface area contributed by atoms with Crippen molar-refractivity contribution in [3.8, 4) is 0 Å². The number of nitrogens with one attached hydrogen (secondary N) is 1. The Morgan fingerprint density at radius 2 is 2.22 bits per heavy atom. The molecule has 1 heterocycles. The summed E-state index contributed by atoms with van der Waals surface area (Å²) in [5.74, 6) is 0.330. The highest BCUT2D eigenvalue weighted by molar-refractivity contribution is 5.78. The van der Waals surface area contributed by atoms with E-state index in [2.05, 4.69) is 24.3 Å². The highest BCUT2D eigenvalue weighted by atomic mass is 16.1. The third-order valence-corrected chi connectivity index (χ3v) is 3.34. The maximum atomic E-state index is 12.0. The van der Waals surface area contributed by atoms with E-state index in [0.717, 1.165) is 36.9 Å². The smallest absolute Gasteiger partial charge is 0.223 e. The molecule has 1 rings (SSSR count). The number of rotatable bonds is 7. The van der Waals surface area contributed by atoms with Crippen molar-refractivity contribution in [2.24, 2.45) is 13.0 Å². The number of carbonyl (C=O) groups excluding carboxylic acids is 1. The molecule has 0 radical (unpaired) electrons. The summed E-state index contributed by atoms with van der Waals surface area (Å²) in [6.07, 6.45) is 6.13. The molecule has 0 fully saturated rings. The maximum Gasteiger partial charge on any atom is 0.223 e.